The first-order valence-corrected chi connectivity index (χ1v) is 10.8. The fourth-order valence-electron chi connectivity index (χ4n) is 2.57. The summed E-state index contributed by atoms with van der Waals surface area (Å²) in [4.78, 5) is 12.1. The number of thioether (sulfide) groups is 1. The summed E-state index contributed by atoms with van der Waals surface area (Å²) in [5, 5.41) is 12.5. The molecular formula is C20H19Cl2FN4O2S. The zero-order valence-corrected chi connectivity index (χ0v) is 18.4. The minimum atomic E-state index is -0.473. The molecule has 1 N–H and O–H groups in total. The van der Waals surface area contributed by atoms with Crippen molar-refractivity contribution in [2.75, 3.05) is 17.7 Å². The van der Waals surface area contributed by atoms with Gasteiger partial charge < -0.3 is 14.6 Å². The molecule has 2 aromatic carbocycles. The number of para-hydroxylation sites is 1. The van der Waals surface area contributed by atoms with Crippen LogP contribution in [0.1, 0.15) is 12.2 Å². The van der Waals surface area contributed by atoms with Gasteiger partial charge in [0.2, 0.25) is 5.91 Å². The van der Waals surface area contributed by atoms with Crippen molar-refractivity contribution in [2.24, 2.45) is 7.05 Å². The highest BCUT2D eigenvalue weighted by molar-refractivity contribution is 7.99. The summed E-state index contributed by atoms with van der Waals surface area (Å²) < 4.78 is 21.1. The van der Waals surface area contributed by atoms with Crippen molar-refractivity contribution in [1.29, 1.82) is 0 Å². The van der Waals surface area contributed by atoms with Crippen LogP contribution in [-0.2, 0) is 18.3 Å². The smallest absolute Gasteiger partial charge is 0.234 e. The number of hydrogen-bond acceptors (Lipinski definition) is 5. The van der Waals surface area contributed by atoms with Gasteiger partial charge in [-0.1, -0.05) is 47.1 Å². The van der Waals surface area contributed by atoms with Gasteiger partial charge in [0.05, 0.1) is 23.1 Å². The maximum Gasteiger partial charge on any atom is 0.234 e. The Kier molecular flexibility index (Phi) is 7.95. The van der Waals surface area contributed by atoms with E-state index in [0.717, 1.165) is 5.82 Å². The van der Waals surface area contributed by atoms with E-state index < -0.39 is 5.82 Å². The van der Waals surface area contributed by atoms with Gasteiger partial charge in [-0.3, -0.25) is 4.79 Å². The Morgan fingerprint density at radius 1 is 1.23 bits per heavy atom. The summed E-state index contributed by atoms with van der Waals surface area (Å²) in [6.07, 6.45) is 1.36. The number of nitrogens with zero attached hydrogens (tertiary/aromatic N) is 3. The van der Waals surface area contributed by atoms with E-state index in [1.807, 2.05) is 11.6 Å². The first-order chi connectivity index (χ1) is 14.4. The van der Waals surface area contributed by atoms with Crippen molar-refractivity contribution in [1.82, 2.24) is 14.8 Å². The molecule has 1 amide bonds. The third-order valence-electron chi connectivity index (χ3n) is 4.10. The summed E-state index contributed by atoms with van der Waals surface area (Å²) in [6.45, 7) is 0.460. The number of amides is 1. The van der Waals surface area contributed by atoms with Crippen LogP contribution in [0.4, 0.5) is 10.1 Å². The Balaban J connectivity index is 1.45. The summed E-state index contributed by atoms with van der Waals surface area (Å²) >= 11 is 13.2. The van der Waals surface area contributed by atoms with E-state index in [1.54, 1.807) is 30.3 Å². The van der Waals surface area contributed by atoms with E-state index in [4.69, 9.17) is 27.9 Å². The van der Waals surface area contributed by atoms with Gasteiger partial charge in [-0.2, -0.15) is 0 Å². The molecule has 6 nitrogen and oxygen atoms in total. The zero-order valence-electron chi connectivity index (χ0n) is 16.1. The Labute approximate surface area is 187 Å². The second-order valence-electron chi connectivity index (χ2n) is 6.30. The molecule has 0 spiro atoms. The van der Waals surface area contributed by atoms with E-state index in [2.05, 4.69) is 15.5 Å². The average Bonchev–Trinajstić information content (AvgIpc) is 3.06. The van der Waals surface area contributed by atoms with Crippen molar-refractivity contribution in [2.45, 2.75) is 18.0 Å². The molecule has 0 bridgehead atoms. The largest absolute Gasteiger partial charge is 0.492 e. The highest BCUT2D eigenvalue weighted by Gasteiger charge is 2.13. The summed E-state index contributed by atoms with van der Waals surface area (Å²) in [5.41, 5.74) is 0.155. The first kappa shape index (κ1) is 22.4. The lowest BCUT2D eigenvalue weighted by Gasteiger charge is -2.08. The molecule has 0 radical (unpaired) electrons. The molecule has 0 aliphatic rings. The van der Waals surface area contributed by atoms with Gasteiger partial charge in [0.25, 0.3) is 0 Å². The van der Waals surface area contributed by atoms with Crippen LogP contribution >= 0.6 is 35.0 Å². The maximum absolute atomic E-state index is 13.6. The third kappa shape index (κ3) is 6.10. The van der Waals surface area contributed by atoms with E-state index in [0.29, 0.717) is 40.4 Å². The molecule has 1 aromatic heterocycles. The molecule has 0 saturated heterocycles. The number of carbonyl (C=O) groups is 1. The van der Waals surface area contributed by atoms with Crippen LogP contribution in [0.5, 0.6) is 5.75 Å². The van der Waals surface area contributed by atoms with Gasteiger partial charge in [0.1, 0.15) is 17.4 Å². The number of ether oxygens (including phenoxy) is 1. The Hall–Kier alpha value is -2.29. The van der Waals surface area contributed by atoms with Crippen LogP contribution in [0.3, 0.4) is 0 Å². The lowest BCUT2D eigenvalue weighted by atomic mass is 10.3. The Morgan fingerprint density at radius 2 is 2.03 bits per heavy atom. The number of nitrogens with one attached hydrogen (secondary N) is 1. The summed E-state index contributed by atoms with van der Waals surface area (Å²) in [7, 11) is 1.84. The number of rotatable bonds is 9. The molecule has 0 aliphatic heterocycles. The monoisotopic (exact) mass is 468 g/mol. The standard InChI is InChI=1S/C20H19Cl2FN4O2S/c1-27-18(7-4-10-29-17-9-8-13(21)11-14(17)22)25-26-20(27)30-12-19(28)24-16-6-3-2-5-15(16)23/h2-3,5-6,8-9,11H,4,7,10,12H2,1H3,(H,24,28). The fraction of sp³-hybridized carbons (Fsp3) is 0.250. The van der Waals surface area contributed by atoms with Gasteiger partial charge in [-0.15, -0.1) is 10.2 Å². The predicted molar refractivity (Wildman–Crippen MR) is 117 cm³/mol. The van der Waals surface area contributed by atoms with E-state index in [9.17, 15) is 9.18 Å². The maximum atomic E-state index is 13.6. The number of anilines is 1. The third-order valence-corrected chi connectivity index (χ3v) is 5.65. The highest BCUT2D eigenvalue weighted by atomic mass is 35.5. The number of carbonyl (C=O) groups excluding carboxylic acids is 1. The van der Waals surface area contributed by atoms with Gasteiger partial charge >= 0.3 is 0 Å². The van der Waals surface area contributed by atoms with Crippen LogP contribution in [0.25, 0.3) is 0 Å². The topological polar surface area (TPSA) is 69.0 Å². The van der Waals surface area contributed by atoms with Crippen molar-refractivity contribution in [3.05, 3.63) is 64.2 Å². The van der Waals surface area contributed by atoms with Gasteiger partial charge in [-0.05, 0) is 36.8 Å². The highest BCUT2D eigenvalue weighted by Crippen LogP contribution is 2.27. The van der Waals surface area contributed by atoms with Crippen molar-refractivity contribution >= 4 is 46.6 Å². The molecule has 0 aliphatic carbocycles. The number of aromatic nitrogens is 3. The first-order valence-electron chi connectivity index (χ1n) is 9.07. The number of hydrogen-bond donors (Lipinski definition) is 1. The summed E-state index contributed by atoms with van der Waals surface area (Å²) in [5.74, 6) is 0.661. The Bertz CT molecular complexity index is 1030. The van der Waals surface area contributed by atoms with E-state index in [1.165, 1.54) is 23.9 Å². The number of aryl methyl sites for hydroxylation is 1. The normalized spacial score (nSPS) is 10.8. The van der Waals surface area contributed by atoms with E-state index >= 15 is 0 Å². The SMILES string of the molecule is Cn1c(CCCOc2ccc(Cl)cc2Cl)nnc1SCC(=O)Nc1ccccc1F. The fourth-order valence-corrected chi connectivity index (χ4v) is 3.77. The molecule has 158 valence electrons. The molecule has 3 aromatic rings. The summed E-state index contributed by atoms with van der Waals surface area (Å²) in [6, 6.07) is 11.1. The molecule has 0 saturated carbocycles. The lowest BCUT2D eigenvalue weighted by molar-refractivity contribution is -0.113. The minimum Gasteiger partial charge on any atom is -0.492 e. The second kappa shape index (κ2) is 10.7. The van der Waals surface area contributed by atoms with Gasteiger partial charge in [0, 0.05) is 18.5 Å². The van der Waals surface area contributed by atoms with Crippen LogP contribution in [-0.4, -0.2) is 33.0 Å². The molecule has 10 heteroatoms. The van der Waals surface area contributed by atoms with Crippen LogP contribution in [0.15, 0.2) is 47.6 Å². The van der Waals surface area contributed by atoms with Crippen molar-refractivity contribution in [3.8, 4) is 5.75 Å². The average molecular weight is 469 g/mol. The minimum absolute atomic E-state index is 0.0957. The van der Waals surface area contributed by atoms with Crippen LogP contribution < -0.4 is 10.1 Å². The van der Waals surface area contributed by atoms with Crippen LogP contribution in [0, 0.1) is 5.82 Å². The number of halogens is 3. The van der Waals surface area contributed by atoms with Crippen molar-refractivity contribution < 1.29 is 13.9 Å². The molecule has 0 atom stereocenters. The lowest BCUT2D eigenvalue weighted by Crippen LogP contribution is -2.15. The second-order valence-corrected chi connectivity index (χ2v) is 8.09. The van der Waals surface area contributed by atoms with Gasteiger partial charge in [0.15, 0.2) is 5.16 Å². The molecule has 3 rings (SSSR count). The molecule has 0 fully saturated rings. The quantitative estimate of drug-likeness (QED) is 0.353. The molecule has 0 unspecified atom stereocenters. The number of benzene rings is 2. The Morgan fingerprint density at radius 3 is 2.80 bits per heavy atom. The van der Waals surface area contributed by atoms with E-state index in [-0.39, 0.29) is 17.3 Å². The van der Waals surface area contributed by atoms with Gasteiger partial charge in [-0.25, -0.2) is 4.39 Å². The zero-order chi connectivity index (χ0) is 21.5. The van der Waals surface area contributed by atoms with Crippen LogP contribution in [0.2, 0.25) is 10.0 Å². The predicted octanol–water partition coefficient (Wildman–Crippen LogP) is 5.00. The molecule has 30 heavy (non-hydrogen) atoms. The van der Waals surface area contributed by atoms with Crippen molar-refractivity contribution in [3.63, 3.8) is 0 Å². The molecule has 1 heterocycles. The molecular weight excluding hydrogens is 450 g/mol.